The maximum absolute atomic E-state index is 6.19. The molecule has 4 nitrogen and oxygen atoms in total. The van der Waals surface area contributed by atoms with Crippen LogP contribution in [-0.2, 0) is 15.6 Å². The van der Waals surface area contributed by atoms with E-state index in [1.165, 1.54) is 11.1 Å². The number of benzene rings is 2. The van der Waals surface area contributed by atoms with Gasteiger partial charge in [-0.1, -0.05) is 59.7 Å². The van der Waals surface area contributed by atoms with Gasteiger partial charge in [0.2, 0.25) is 0 Å². The lowest BCUT2D eigenvalue weighted by molar-refractivity contribution is 0.0680. The fourth-order valence-corrected chi connectivity index (χ4v) is 3.73. The van der Waals surface area contributed by atoms with Gasteiger partial charge >= 0.3 is 0 Å². The van der Waals surface area contributed by atoms with E-state index in [4.69, 9.17) is 14.2 Å². The second-order valence-corrected chi connectivity index (χ2v) is 10.5. The van der Waals surface area contributed by atoms with Crippen LogP contribution in [0, 0.1) is 0 Å². The van der Waals surface area contributed by atoms with Crippen molar-refractivity contribution in [2.75, 3.05) is 31.7 Å². The number of hydrogen-bond acceptors (Lipinski definition) is 4. The molecule has 0 radical (unpaired) electrons. The summed E-state index contributed by atoms with van der Waals surface area (Å²) in [5.41, 5.74) is 3.77. The molecule has 0 aromatic heterocycles. The molecule has 1 fully saturated rings. The smallest absolute Gasteiger partial charge is 0.123 e. The minimum absolute atomic E-state index is 0.0265. The quantitative estimate of drug-likeness (QED) is 0.502. The summed E-state index contributed by atoms with van der Waals surface area (Å²) in [4.78, 5) is 0. The monoisotopic (exact) mass is 425 g/mol. The lowest BCUT2D eigenvalue weighted by Gasteiger charge is -2.27. The molecule has 1 saturated heterocycles. The van der Waals surface area contributed by atoms with Crippen LogP contribution in [0.15, 0.2) is 42.5 Å². The van der Waals surface area contributed by atoms with E-state index in [-0.39, 0.29) is 16.9 Å². The molecule has 1 unspecified atom stereocenters. The summed E-state index contributed by atoms with van der Waals surface area (Å²) in [6.07, 6.45) is 2.44. The summed E-state index contributed by atoms with van der Waals surface area (Å²) >= 11 is 0. The van der Waals surface area contributed by atoms with E-state index in [2.05, 4.69) is 71.1 Å². The fraction of sp³-hybridized carbons (Fsp3) is 0.556. The van der Waals surface area contributed by atoms with Crippen molar-refractivity contribution in [1.82, 2.24) is 0 Å². The zero-order valence-electron chi connectivity index (χ0n) is 20.1. The Morgan fingerprint density at radius 2 is 1.77 bits per heavy atom. The van der Waals surface area contributed by atoms with Gasteiger partial charge in [-0.05, 0) is 53.0 Å². The topological polar surface area (TPSA) is 39.7 Å². The first-order valence-corrected chi connectivity index (χ1v) is 11.5. The van der Waals surface area contributed by atoms with Crippen molar-refractivity contribution in [2.45, 2.75) is 71.3 Å². The molecular weight excluding hydrogens is 386 g/mol. The minimum atomic E-state index is 0.0265. The molecule has 0 saturated carbocycles. The van der Waals surface area contributed by atoms with E-state index < -0.39 is 0 Å². The highest BCUT2D eigenvalue weighted by molar-refractivity contribution is 5.48. The second kappa shape index (κ2) is 9.95. The predicted octanol–water partition coefficient (Wildman–Crippen LogP) is 6.33. The number of ether oxygens (including phenoxy) is 3. The summed E-state index contributed by atoms with van der Waals surface area (Å²) in [5.74, 6) is 1.84. The Morgan fingerprint density at radius 1 is 0.968 bits per heavy atom. The number of nitrogens with one attached hydrogen (secondary N) is 1. The van der Waals surface area contributed by atoms with Crippen LogP contribution in [0.1, 0.15) is 65.5 Å². The van der Waals surface area contributed by atoms with Gasteiger partial charge in [0.05, 0.1) is 6.10 Å². The average molecular weight is 426 g/mol. The Bertz CT molecular complexity index is 842. The van der Waals surface area contributed by atoms with E-state index in [0.29, 0.717) is 13.2 Å². The minimum Gasteiger partial charge on any atom is -0.491 e. The first-order valence-electron chi connectivity index (χ1n) is 11.5. The van der Waals surface area contributed by atoms with Gasteiger partial charge in [0, 0.05) is 24.9 Å². The SMILES string of the molecule is CC(C)(C)c1ccc(OCCNc2cccc(OCC3CCCO3)c2)c(C(C)(C)C)c1. The second-order valence-electron chi connectivity index (χ2n) is 10.5. The summed E-state index contributed by atoms with van der Waals surface area (Å²) in [7, 11) is 0. The number of anilines is 1. The summed E-state index contributed by atoms with van der Waals surface area (Å²) in [6, 6.07) is 14.7. The Labute approximate surface area is 188 Å². The van der Waals surface area contributed by atoms with E-state index in [0.717, 1.165) is 43.2 Å². The van der Waals surface area contributed by atoms with Crippen molar-refractivity contribution in [3.8, 4) is 11.5 Å². The molecule has 0 amide bonds. The molecule has 2 aromatic carbocycles. The Morgan fingerprint density at radius 3 is 2.45 bits per heavy atom. The fourth-order valence-electron chi connectivity index (χ4n) is 3.73. The van der Waals surface area contributed by atoms with Crippen molar-refractivity contribution >= 4 is 5.69 Å². The van der Waals surface area contributed by atoms with Crippen LogP contribution in [0.3, 0.4) is 0 Å². The van der Waals surface area contributed by atoms with E-state index in [1.807, 2.05) is 18.2 Å². The van der Waals surface area contributed by atoms with Gasteiger partial charge in [-0.25, -0.2) is 0 Å². The van der Waals surface area contributed by atoms with Crippen LogP contribution in [0.5, 0.6) is 11.5 Å². The third-order valence-corrected chi connectivity index (χ3v) is 5.64. The molecule has 0 spiro atoms. The third-order valence-electron chi connectivity index (χ3n) is 5.64. The highest BCUT2D eigenvalue weighted by Crippen LogP contribution is 2.35. The van der Waals surface area contributed by atoms with Crippen molar-refractivity contribution < 1.29 is 14.2 Å². The molecule has 0 aliphatic carbocycles. The van der Waals surface area contributed by atoms with E-state index in [1.54, 1.807) is 0 Å². The molecule has 170 valence electrons. The van der Waals surface area contributed by atoms with Gasteiger partial charge in [0.1, 0.15) is 24.7 Å². The Balaban J connectivity index is 1.54. The zero-order chi connectivity index (χ0) is 22.5. The number of hydrogen-bond donors (Lipinski definition) is 1. The highest BCUT2D eigenvalue weighted by Gasteiger charge is 2.23. The Hall–Kier alpha value is -2.20. The first kappa shape index (κ1) is 23.5. The van der Waals surface area contributed by atoms with Gasteiger partial charge in [0.15, 0.2) is 0 Å². The summed E-state index contributed by atoms with van der Waals surface area (Å²) < 4.78 is 17.7. The van der Waals surface area contributed by atoms with Crippen molar-refractivity contribution in [3.63, 3.8) is 0 Å². The van der Waals surface area contributed by atoms with Crippen LogP contribution in [0.4, 0.5) is 5.69 Å². The summed E-state index contributed by atoms with van der Waals surface area (Å²) in [5, 5.41) is 3.44. The van der Waals surface area contributed by atoms with Crippen LogP contribution in [0.2, 0.25) is 0 Å². The van der Waals surface area contributed by atoms with Crippen LogP contribution >= 0.6 is 0 Å². The summed E-state index contributed by atoms with van der Waals surface area (Å²) in [6.45, 7) is 16.2. The molecule has 0 bridgehead atoms. The predicted molar refractivity (Wildman–Crippen MR) is 129 cm³/mol. The normalized spacial score (nSPS) is 16.9. The van der Waals surface area contributed by atoms with Gasteiger partial charge in [-0.15, -0.1) is 0 Å². The van der Waals surface area contributed by atoms with Gasteiger partial charge in [-0.2, -0.15) is 0 Å². The lowest BCUT2D eigenvalue weighted by Crippen LogP contribution is -2.19. The highest BCUT2D eigenvalue weighted by atomic mass is 16.5. The largest absolute Gasteiger partial charge is 0.491 e. The first-order chi connectivity index (χ1) is 14.6. The number of rotatable bonds is 8. The molecular formula is C27H39NO3. The van der Waals surface area contributed by atoms with Gasteiger partial charge in [-0.3, -0.25) is 0 Å². The molecule has 1 aliphatic heterocycles. The molecule has 31 heavy (non-hydrogen) atoms. The molecule has 4 heteroatoms. The maximum atomic E-state index is 6.19. The molecule has 2 aromatic rings. The molecule has 1 atom stereocenters. The van der Waals surface area contributed by atoms with Crippen LogP contribution < -0.4 is 14.8 Å². The molecule has 1 N–H and O–H groups in total. The van der Waals surface area contributed by atoms with Crippen LogP contribution in [0.25, 0.3) is 0 Å². The van der Waals surface area contributed by atoms with Crippen molar-refractivity contribution in [2.24, 2.45) is 0 Å². The lowest BCUT2D eigenvalue weighted by atomic mass is 9.80. The molecule has 1 heterocycles. The van der Waals surface area contributed by atoms with Crippen molar-refractivity contribution in [3.05, 3.63) is 53.6 Å². The van der Waals surface area contributed by atoms with Crippen LogP contribution in [-0.4, -0.2) is 32.5 Å². The standard InChI is InChI=1S/C27H39NO3/c1-26(2,3)20-12-13-25(24(17-20)27(4,5)6)30-16-14-28-21-9-7-10-22(18-21)31-19-23-11-8-15-29-23/h7,9-10,12-13,17-18,23,28H,8,11,14-16,19H2,1-6H3. The molecule has 1 aliphatic rings. The van der Waals surface area contributed by atoms with E-state index in [9.17, 15) is 0 Å². The van der Waals surface area contributed by atoms with Crippen molar-refractivity contribution in [1.29, 1.82) is 0 Å². The molecule has 3 rings (SSSR count). The van der Waals surface area contributed by atoms with Gasteiger partial charge in [0.25, 0.3) is 0 Å². The maximum Gasteiger partial charge on any atom is 0.123 e. The third kappa shape index (κ3) is 6.90. The average Bonchev–Trinajstić information content (AvgIpc) is 3.22. The zero-order valence-corrected chi connectivity index (χ0v) is 20.1. The van der Waals surface area contributed by atoms with E-state index >= 15 is 0 Å². The Kier molecular flexibility index (Phi) is 7.53. The van der Waals surface area contributed by atoms with Gasteiger partial charge < -0.3 is 19.5 Å².